The second-order valence-corrected chi connectivity index (χ2v) is 6.44. The van der Waals surface area contributed by atoms with Crippen molar-refractivity contribution in [3.63, 3.8) is 0 Å². The number of rotatable bonds is 8. The molecule has 0 saturated heterocycles. The van der Waals surface area contributed by atoms with Crippen LogP contribution >= 0.6 is 0 Å². The normalized spacial score (nSPS) is 14.8. The van der Waals surface area contributed by atoms with E-state index in [1.807, 2.05) is 30.1 Å². The van der Waals surface area contributed by atoms with Gasteiger partial charge in [0.25, 0.3) is 0 Å². The fraction of sp³-hybridized carbons (Fsp3) is 0.444. The van der Waals surface area contributed by atoms with Gasteiger partial charge >= 0.3 is 5.69 Å². The molecule has 1 atom stereocenters. The summed E-state index contributed by atoms with van der Waals surface area (Å²) in [5.41, 5.74) is 1.18. The quantitative estimate of drug-likeness (QED) is 0.585. The van der Waals surface area contributed by atoms with E-state index in [9.17, 15) is 10.1 Å². The van der Waals surface area contributed by atoms with Gasteiger partial charge in [-0.05, 0) is 31.2 Å². The van der Waals surface area contributed by atoms with Crippen molar-refractivity contribution in [1.29, 1.82) is 0 Å². The van der Waals surface area contributed by atoms with Crippen LogP contribution in [0.25, 0.3) is 0 Å². The van der Waals surface area contributed by atoms with E-state index in [1.165, 1.54) is 11.8 Å². The first-order chi connectivity index (χ1) is 12.1. The summed E-state index contributed by atoms with van der Waals surface area (Å²) in [5, 5.41) is 14.4. The van der Waals surface area contributed by atoms with E-state index in [0.717, 1.165) is 25.7 Å². The van der Waals surface area contributed by atoms with E-state index < -0.39 is 4.92 Å². The molecule has 0 aliphatic heterocycles. The minimum Gasteiger partial charge on any atom is -0.361 e. The maximum Gasteiger partial charge on any atom is 0.329 e. The van der Waals surface area contributed by atoms with Crippen LogP contribution in [0.1, 0.15) is 31.7 Å². The Kier molecular flexibility index (Phi) is 5.11. The molecular formula is C18H23N5O2. The molecule has 2 aromatic rings. The first-order valence-corrected chi connectivity index (χ1v) is 8.63. The monoisotopic (exact) mass is 341 g/mol. The molecular weight excluding hydrogens is 318 g/mol. The number of aromatic nitrogens is 2. The summed E-state index contributed by atoms with van der Waals surface area (Å²) < 4.78 is 0. The molecule has 1 aliphatic carbocycles. The molecule has 0 unspecified atom stereocenters. The lowest BCUT2D eigenvalue weighted by Crippen LogP contribution is -2.34. The lowest BCUT2D eigenvalue weighted by molar-refractivity contribution is -0.384. The van der Waals surface area contributed by atoms with Gasteiger partial charge in [-0.3, -0.25) is 10.1 Å². The fourth-order valence-corrected chi connectivity index (χ4v) is 2.80. The Morgan fingerprint density at radius 1 is 1.36 bits per heavy atom. The van der Waals surface area contributed by atoms with Crippen molar-refractivity contribution in [2.24, 2.45) is 0 Å². The third-order valence-electron chi connectivity index (χ3n) is 4.52. The molecule has 1 aliphatic rings. The SMILES string of the molecule is CC[C@@H](Cc1ccccc1)N(C)c1ncc([N+](=O)[O-])c(NC2CC2)n1. The fourth-order valence-electron chi connectivity index (χ4n) is 2.80. The summed E-state index contributed by atoms with van der Waals surface area (Å²) in [6.07, 6.45) is 5.16. The van der Waals surface area contributed by atoms with Gasteiger partial charge in [0.15, 0.2) is 0 Å². The molecule has 7 heteroatoms. The molecule has 132 valence electrons. The van der Waals surface area contributed by atoms with Crippen LogP contribution in [0.3, 0.4) is 0 Å². The highest BCUT2D eigenvalue weighted by Crippen LogP contribution is 2.30. The number of hydrogen-bond donors (Lipinski definition) is 1. The predicted molar refractivity (Wildman–Crippen MR) is 98.0 cm³/mol. The van der Waals surface area contributed by atoms with Gasteiger partial charge in [-0.1, -0.05) is 37.3 Å². The van der Waals surface area contributed by atoms with Crippen molar-refractivity contribution in [3.8, 4) is 0 Å². The maximum absolute atomic E-state index is 11.2. The zero-order chi connectivity index (χ0) is 17.8. The van der Waals surface area contributed by atoms with Crippen LogP contribution in [0.2, 0.25) is 0 Å². The Labute approximate surface area is 147 Å². The molecule has 0 spiro atoms. The van der Waals surface area contributed by atoms with Crippen LogP contribution in [0.15, 0.2) is 36.5 Å². The van der Waals surface area contributed by atoms with Crippen molar-refractivity contribution in [2.45, 2.75) is 44.7 Å². The molecule has 1 fully saturated rings. The first-order valence-electron chi connectivity index (χ1n) is 8.63. The summed E-state index contributed by atoms with van der Waals surface area (Å²) in [4.78, 5) is 21.5. The van der Waals surface area contributed by atoms with Crippen LogP contribution in [0.4, 0.5) is 17.5 Å². The minimum absolute atomic E-state index is 0.0693. The highest BCUT2D eigenvalue weighted by Gasteiger charge is 2.27. The van der Waals surface area contributed by atoms with Crippen molar-refractivity contribution in [3.05, 3.63) is 52.2 Å². The molecule has 1 N–H and O–H groups in total. The van der Waals surface area contributed by atoms with E-state index in [-0.39, 0.29) is 17.8 Å². The number of nitrogens with one attached hydrogen (secondary N) is 1. The zero-order valence-corrected chi connectivity index (χ0v) is 14.6. The van der Waals surface area contributed by atoms with E-state index in [0.29, 0.717) is 11.8 Å². The van der Waals surface area contributed by atoms with Gasteiger partial charge in [-0.25, -0.2) is 4.98 Å². The van der Waals surface area contributed by atoms with Crippen LogP contribution < -0.4 is 10.2 Å². The molecule has 0 amide bonds. The number of hydrogen-bond acceptors (Lipinski definition) is 6. The van der Waals surface area contributed by atoms with E-state index in [4.69, 9.17) is 0 Å². The molecule has 7 nitrogen and oxygen atoms in total. The Morgan fingerprint density at radius 3 is 2.68 bits per heavy atom. The third kappa shape index (κ3) is 4.23. The largest absolute Gasteiger partial charge is 0.361 e. The molecule has 25 heavy (non-hydrogen) atoms. The number of nitro groups is 1. The van der Waals surface area contributed by atoms with Gasteiger partial charge in [0.2, 0.25) is 11.8 Å². The van der Waals surface area contributed by atoms with Gasteiger partial charge in [0, 0.05) is 19.1 Å². The number of likely N-dealkylation sites (N-methyl/N-ethyl adjacent to an activating group) is 1. The second-order valence-electron chi connectivity index (χ2n) is 6.44. The Balaban J connectivity index is 1.81. The lowest BCUT2D eigenvalue weighted by atomic mass is 10.0. The molecule has 0 bridgehead atoms. The second kappa shape index (κ2) is 7.46. The summed E-state index contributed by atoms with van der Waals surface area (Å²) in [7, 11) is 1.94. The number of nitrogens with zero attached hydrogens (tertiary/aromatic N) is 4. The highest BCUT2D eigenvalue weighted by atomic mass is 16.6. The van der Waals surface area contributed by atoms with Crippen LogP contribution in [0.5, 0.6) is 0 Å². The summed E-state index contributed by atoms with van der Waals surface area (Å²) in [5.74, 6) is 0.829. The summed E-state index contributed by atoms with van der Waals surface area (Å²) >= 11 is 0. The number of benzene rings is 1. The van der Waals surface area contributed by atoms with Gasteiger partial charge in [-0.2, -0.15) is 4.98 Å². The van der Waals surface area contributed by atoms with Crippen molar-refractivity contribution < 1.29 is 4.92 Å². The summed E-state index contributed by atoms with van der Waals surface area (Å²) in [6.45, 7) is 2.12. The average Bonchev–Trinajstić information content (AvgIpc) is 3.43. The molecule has 3 rings (SSSR count). The standard InChI is InChI=1S/C18H23N5O2/c1-3-15(11-13-7-5-4-6-8-13)22(2)18-19-12-16(23(24)25)17(21-18)20-14-9-10-14/h4-8,12,14-15H,3,9-11H2,1-2H3,(H,19,20,21)/t15-/m0/s1. The van der Waals surface area contributed by atoms with Crippen molar-refractivity contribution in [2.75, 3.05) is 17.3 Å². The molecule has 1 aromatic carbocycles. The molecule has 1 aromatic heterocycles. The first kappa shape index (κ1) is 17.1. The molecule has 1 saturated carbocycles. The van der Waals surface area contributed by atoms with Gasteiger partial charge in [0.1, 0.15) is 6.20 Å². The molecule has 1 heterocycles. The Hall–Kier alpha value is -2.70. The van der Waals surface area contributed by atoms with Crippen LogP contribution in [0, 0.1) is 10.1 Å². The molecule has 0 radical (unpaired) electrons. The van der Waals surface area contributed by atoms with Crippen LogP contribution in [-0.4, -0.2) is 34.0 Å². The lowest BCUT2D eigenvalue weighted by Gasteiger charge is -2.27. The van der Waals surface area contributed by atoms with Crippen molar-refractivity contribution >= 4 is 17.5 Å². The predicted octanol–water partition coefficient (Wildman–Crippen LogP) is 3.42. The van der Waals surface area contributed by atoms with E-state index in [1.54, 1.807) is 0 Å². The highest BCUT2D eigenvalue weighted by molar-refractivity contribution is 5.58. The Morgan fingerprint density at radius 2 is 2.08 bits per heavy atom. The zero-order valence-electron chi connectivity index (χ0n) is 14.6. The third-order valence-corrected chi connectivity index (χ3v) is 4.52. The van der Waals surface area contributed by atoms with Gasteiger partial charge in [0.05, 0.1) is 4.92 Å². The van der Waals surface area contributed by atoms with Gasteiger partial charge in [-0.15, -0.1) is 0 Å². The van der Waals surface area contributed by atoms with E-state index >= 15 is 0 Å². The van der Waals surface area contributed by atoms with E-state index in [2.05, 4.69) is 34.3 Å². The topological polar surface area (TPSA) is 84.2 Å². The smallest absolute Gasteiger partial charge is 0.329 e. The number of anilines is 2. The summed E-state index contributed by atoms with van der Waals surface area (Å²) in [6, 6.07) is 10.8. The van der Waals surface area contributed by atoms with Crippen LogP contribution in [-0.2, 0) is 6.42 Å². The minimum atomic E-state index is -0.435. The maximum atomic E-state index is 11.2. The average molecular weight is 341 g/mol. The van der Waals surface area contributed by atoms with Crippen molar-refractivity contribution in [1.82, 2.24) is 9.97 Å². The Bertz CT molecular complexity index is 734. The van der Waals surface area contributed by atoms with Gasteiger partial charge < -0.3 is 10.2 Å².